The SMILES string of the molecule is CN1CCC(NC(=O)c2ccc(=O)[nH]c2)(c2ccc(OC(F)(F)F)c(F)c2)c2ncccc21. The molecule has 11 heteroatoms. The largest absolute Gasteiger partial charge is 0.573 e. The number of aromatic nitrogens is 2. The Balaban J connectivity index is 1.83. The van der Waals surface area contributed by atoms with E-state index in [2.05, 4.69) is 20.0 Å². The summed E-state index contributed by atoms with van der Waals surface area (Å²) in [6, 6.07) is 9.03. The van der Waals surface area contributed by atoms with Crippen LogP contribution in [0.25, 0.3) is 0 Å². The number of nitrogens with zero attached hydrogens (tertiary/aromatic N) is 2. The molecule has 1 atom stereocenters. The van der Waals surface area contributed by atoms with Crippen molar-refractivity contribution >= 4 is 11.6 Å². The topological polar surface area (TPSA) is 87.3 Å². The van der Waals surface area contributed by atoms with Crippen LogP contribution in [0.2, 0.25) is 0 Å². The number of rotatable bonds is 4. The van der Waals surface area contributed by atoms with E-state index in [9.17, 15) is 27.2 Å². The molecule has 0 fully saturated rings. The number of fused-ring (bicyclic) bond motifs is 1. The zero-order chi connectivity index (χ0) is 23.8. The average Bonchev–Trinajstić information content (AvgIpc) is 2.77. The Morgan fingerprint density at radius 3 is 2.70 bits per heavy atom. The summed E-state index contributed by atoms with van der Waals surface area (Å²) < 4.78 is 56.2. The quantitative estimate of drug-likeness (QED) is 0.581. The Morgan fingerprint density at radius 1 is 1.24 bits per heavy atom. The molecule has 3 aromatic rings. The van der Waals surface area contributed by atoms with Gasteiger partial charge in [-0.05, 0) is 42.3 Å². The van der Waals surface area contributed by atoms with Gasteiger partial charge in [-0.15, -0.1) is 13.2 Å². The van der Waals surface area contributed by atoms with E-state index in [0.29, 0.717) is 17.9 Å². The molecule has 1 aromatic carbocycles. The molecule has 33 heavy (non-hydrogen) atoms. The van der Waals surface area contributed by atoms with Gasteiger partial charge >= 0.3 is 6.36 Å². The molecule has 1 amide bonds. The van der Waals surface area contributed by atoms with E-state index in [1.165, 1.54) is 30.6 Å². The maximum atomic E-state index is 14.7. The lowest BCUT2D eigenvalue weighted by atomic mass is 9.79. The van der Waals surface area contributed by atoms with Gasteiger partial charge in [-0.3, -0.25) is 14.6 Å². The Labute approximate surface area is 185 Å². The van der Waals surface area contributed by atoms with E-state index in [1.807, 2.05) is 11.9 Å². The summed E-state index contributed by atoms with van der Waals surface area (Å²) in [4.78, 5) is 33.2. The van der Waals surface area contributed by atoms with Crippen LogP contribution in [0.15, 0.2) is 59.7 Å². The maximum absolute atomic E-state index is 14.7. The fourth-order valence-electron chi connectivity index (χ4n) is 3.87. The third kappa shape index (κ3) is 4.38. The maximum Gasteiger partial charge on any atom is 0.573 e. The van der Waals surface area contributed by atoms with E-state index in [1.54, 1.807) is 12.1 Å². The molecule has 3 heterocycles. The van der Waals surface area contributed by atoms with E-state index in [4.69, 9.17) is 0 Å². The zero-order valence-corrected chi connectivity index (χ0v) is 17.2. The summed E-state index contributed by atoms with van der Waals surface area (Å²) in [5.41, 5.74) is -0.339. The lowest BCUT2D eigenvalue weighted by Crippen LogP contribution is -2.52. The first kappa shape index (κ1) is 22.3. The van der Waals surface area contributed by atoms with Gasteiger partial charge in [0, 0.05) is 32.1 Å². The number of pyridine rings is 2. The van der Waals surface area contributed by atoms with E-state index in [-0.39, 0.29) is 17.5 Å². The van der Waals surface area contributed by atoms with Crippen LogP contribution in [-0.4, -0.2) is 35.8 Å². The Hall–Kier alpha value is -3.89. The molecular weight excluding hydrogens is 444 g/mol. The predicted molar refractivity (Wildman–Crippen MR) is 111 cm³/mol. The number of anilines is 1. The van der Waals surface area contributed by atoms with Gasteiger partial charge in [0.25, 0.3) is 5.91 Å². The molecule has 0 radical (unpaired) electrons. The van der Waals surface area contributed by atoms with Gasteiger partial charge in [0.05, 0.1) is 16.9 Å². The standard InChI is InChI=1S/C22H18F4N4O3/c1-30-10-8-21(19-16(30)3-2-9-27-19,29-20(32)13-4-7-18(31)28-12-13)14-5-6-17(15(23)11-14)33-22(24,25)26/h2-7,9,11-12H,8,10H2,1H3,(H,28,31)(H,29,32). The summed E-state index contributed by atoms with van der Waals surface area (Å²) in [6.45, 7) is 0.438. The van der Waals surface area contributed by atoms with Crippen LogP contribution in [0.5, 0.6) is 5.75 Å². The number of aromatic amines is 1. The fraction of sp³-hybridized carbons (Fsp3) is 0.227. The first-order chi connectivity index (χ1) is 15.6. The number of alkyl halides is 3. The Bertz CT molecular complexity index is 1240. The molecule has 0 saturated heterocycles. The molecule has 0 saturated carbocycles. The minimum atomic E-state index is -5.06. The third-order valence-corrected chi connectivity index (χ3v) is 5.45. The third-order valence-electron chi connectivity index (χ3n) is 5.45. The van der Waals surface area contributed by atoms with Crippen molar-refractivity contribution in [3.63, 3.8) is 0 Å². The number of nitrogens with one attached hydrogen (secondary N) is 2. The number of amides is 1. The highest BCUT2D eigenvalue weighted by Crippen LogP contribution is 2.42. The van der Waals surface area contributed by atoms with Crippen LogP contribution in [0.4, 0.5) is 23.2 Å². The minimum absolute atomic E-state index is 0.142. The molecule has 4 rings (SSSR count). The summed E-state index contributed by atoms with van der Waals surface area (Å²) in [7, 11) is 1.83. The minimum Gasteiger partial charge on any atom is -0.403 e. The van der Waals surface area contributed by atoms with Gasteiger partial charge in [-0.1, -0.05) is 6.07 Å². The van der Waals surface area contributed by atoms with Crippen molar-refractivity contribution in [3.05, 3.63) is 87.9 Å². The molecule has 0 bridgehead atoms. The summed E-state index contributed by atoms with van der Waals surface area (Å²) in [5.74, 6) is -2.80. The first-order valence-electron chi connectivity index (χ1n) is 9.83. The van der Waals surface area contributed by atoms with Crippen LogP contribution in [-0.2, 0) is 5.54 Å². The number of carbonyl (C=O) groups excluding carboxylic acids is 1. The molecule has 2 aromatic heterocycles. The molecular formula is C22H18F4N4O3. The second kappa shape index (κ2) is 8.23. The van der Waals surface area contributed by atoms with Gasteiger partial charge in [0.2, 0.25) is 5.56 Å². The average molecular weight is 462 g/mol. The number of hydrogen-bond donors (Lipinski definition) is 2. The molecule has 7 nitrogen and oxygen atoms in total. The summed E-state index contributed by atoms with van der Waals surface area (Å²) in [5, 5.41) is 2.88. The summed E-state index contributed by atoms with van der Waals surface area (Å²) in [6.07, 6.45) is -2.06. The fourth-order valence-corrected chi connectivity index (χ4v) is 3.87. The van der Waals surface area contributed by atoms with E-state index in [0.717, 1.165) is 12.1 Å². The number of ether oxygens (including phenoxy) is 1. The van der Waals surface area contributed by atoms with Crippen LogP contribution < -0.4 is 20.5 Å². The first-order valence-corrected chi connectivity index (χ1v) is 9.83. The van der Waals surface area contributed by atoms with Gasteiger partial charge in [0.15, 0.2) is 11.6 Å². The number of halogens is 4. The van der Waals surface area contributed by atoms with E-state index < -0.39 is 34.9 Å². The van der Waals surface area contributed by atoms with E-state index >= 15 is 0 Å². The van der Waals surface area contributed by atoms with Crippen molar-refractivity contribution < 1.29 is 27.1 Å². The number of hydrogen-bond acceptors (Lipinski definition) is 5. The molecule has 1 aliphatic heterocycles. The second-order valence-corrected chi connectivity index (χ2v) is 7.54. The molecule has 0 spiro atoms. The van der Waals surface area contributed by atoms with Gasteiger partial charge in [-0.25, -0.2) is 4.39 Å². The summed E-state index contributed by atoms with van der Waals surface area (Å²) >= 11 is 0. The lowest BCUT2D eigenvalue weighted by molar-refractivity contribution is -0.275. The van der Waals surface area contributed by atoms with Crippen LogP contribution in [0, 0.1) is 5.82 Å². The highest BCUT2D eigenvalue weighted by Gasteiger charge is 2.43. The van der Waals surface area contributed by atoms with Crippen LogP contribution in [0.3, 0.4) is 0 Å². The predicted octanol–water partition coefficient (Wildman–Crippen LogP) is 3.32. The molecule has 1 aliphatic rings. The molecule has 1 unspecified atom stereocenters. The highest BCUT2D eigenvalue weighted by molar-refractivity contribution is 5.95. The van der Waals surface area contributed by atoms with Gasteiger partial charge in [0.1, 0.15) is 5.54 Å². The smallest absolute Gasteiger partial charge is 0.403 e. The van der Waals surface area contributed by atoms with Crippen molar-refractivity contribution in [1.29, 1.82) is 0 Å². The highest BCUT2D eigenvalue weighted by atomic mass is 19.4. The second-order valence-electron chi connectivity index (χ2n) is 7.54. The normalized spacial score (nSPS) is 17.9. The van der Waals surface area contributed by atoms with Crippen molar-refractivity contribution in [2.75, 3.05) is 18.5 Å². The van der Waals surface area contributed by atoms with Gasteiger partial charge in [-0.2, -0.15) is 0 Å². The van der Waals surface area contributed by atoms with Crippen LogP contribution in [0.1, 0.15) is 28.0 Å². The Kier molecular flexibility index (Phi) is 5.56. The number of carbonyl (C=O) groups is 1. The molecule has 0 aliphatic carbocycles. The Morgan fingerprint density at radius 2 is 2.03 bits per heavy atom. The van der Waals surface area contributed by atoms with Gasteiger partial charge < -0.3 is 19.9 Å². The molecule has 2 N–H and O–H groups in total. The lowest BCUT2D eigenvalue weighted by Gasteiger charge is -2.42. The number of benzene rings is 1. The molecule has 172 valence electrons. The zero-order valence-electron chi connectivity index (χ0n) is 17.2. The van der Waals surface area contributed by atoms with Crippen molar-refractivity contribution in [2.45, 2.75) is 18.3 Å². The van der Waals surface area contributed by atoms with Crippen LogP contribution >= 0.6 is 0 Å². The van der Waals surface area contributed by atoms with Crippen molar-refractivity contribution in [2.24, 2.45) is 0 Å². The van der Waals surface area contributed by atoms with Crippen molar-refractivity contribution in [3.8, 4) is 5.75 Å². The number of H-pyrrole nitrogens is 1. The van der Waals surface area contributed by atoms with Crippen molar-refractivity contribution in [1.82, 2.24) is 15.3 Å². The monoisotopic (exact) mass is 462 g/mol.